The van der Waals surface area contributed by atoms with Crippen molar-refractivity contribution in [3.63, 3.8) is 0 Å². The van der Waals surface area contributed by atoms with E-state index in [1.807, 2.05) is 41.8 Å². The number of nitrogens with zero attached hydrogens (tertiary/aromatic N) is 5. The predicted octanol–water partition coefficient (Wildman–Crippen LogP) is 3.88. The van der Waals surface area contributed by atoms with Crippen LogP contribution in [0.1, 0.15) is 39.3 Å². The third-order valence-electron chi connectivity index (χ3n) is 5.87. The smallest absolute Gasteiger partial charge is 0.287 e. The fraction of sp³-hybridized carbons (Fsp3) is 0.240. The highest BCUT2D eigenvalue weighted by molar-refractivity contribution is 7.99. The first-order chi connectivity index (χ1) is 18.0. The predicted molar refractivity (Wildman–Crippen MR) is 140 cm³/mol. The molecule has 37 heavy (non-hydrogen) atoms. The molecule has 0 radical (unpaired) electrons. The number of aromatic nitrogens is 3. The first-order valence-corrected chi connectivity index (χ1v) is 13.3. The number of benzene rings is 1. The first-order valence-electron chi connectivity index (χ1n) is 11.4. The summed E-state index contributed by atoms with van der Waals surface area (Å²) in [4.78, 5) is 26.5. The lowest BCUT2D eigenvalue weighted by molar-refractivity contribution is -0.130. The van der Waals surface area contributed by atoms with Gasteiger partial charge in [-0.15, -0.1) is 21.5 Å². The number of carbonyl (C=O) groups excluding carboxylic acids is 2. The van der Waals surface area contributed by atoms with Gasteiger partial charge in [0.2, 0.25) is 0 Å². The molecule has 4 aromatic rings. The van der Waals surface area contributed by atoms with Crippen molar-refractivity contribution in [2.45, 2.75) is 24.2 Å². The van der Waals surface area contributed by atoms with Gasteiger partial charge in [-0.25, -0.2) is 5.01 Å². The first kappa shape index (κ1) is 24.8. The van der Waals surface area contributed by atoms with Gasteiger partial charge in [0.25, 0.3) is 11.8 Å². The standard InChI is InChI=1S/C25H24N6O4S2/c1-30-22(14-26-24(33)20-5-3-11-35-20)27-28-25(30)37-15-23(32)31-19(16-7-9-17(34-2)10-8-16)13-18(29-31)21-6-4-12-36-21/h3-12,19H,13-15H2,1-2H3,(H,26,33)/t19-/m0/s1. The summed E-state index contributed by atoms with van der Waals surface area (Å²) >= 11 is 2.88. The van der Waals surface area contributed by atoms with Crippen LogP contribution >= 0.6 is 23.1 Å². The molecule has 4 heterocycles. The van der Waals surface area contributed by atoms with E-state index >= 15 is 0 Å². The van der Waals surface area contributed by atoms with Crippen molar-refractivity contribution in [1.29, 1.82) is 0 Å². The molecular formula is C25H24N6O4S2. The summed E-state index contributed by atoms with van der Waals surface area (Å²) in [6.45, 7) is 0.178. The van der Waals surface area contributed by atoms with Gasteiger partial charge >= 0.3 is 0 Å². The normalized spacial score (nSPS) is 15.0. The number of thioether (sulfide) groups is 1. The van der Waals surface area contributed by atoms with Crippen LogP contribution in [0.5, 0.6) is 5.75 Å². The number of methoxy groups -OCH3 is 1. The van der Waals surface area contributed by atoms with E-state index in [0.29, 0.717) is 17.4 Å². The third-order valence-corrected chi connectivity index (χ3v) is 7.80. The van der Waals surface area contributed by atoms with E-state index in [0.717, 1.165) is 21.9 Å². The maximum absolute atomic E-state index is 13.4. The Hall–Kier alpha value is -3.90. The molecule has 1 aliphatic heterocycles. The zero-order valence-electron chi connectivity index (χ0n) is 20.2. The summed E-state index contributed by atoms with van der Waals surface area (Å²) in [7, 11) is 3.42. The van der Waals surface area contributed by atoms with E-state index < -0.39 is 0 Å². The Kier molecular flexibility index (Phi) is 7.37. The minimum Gasteiger partial charge on any atom is -0.497 e. The quantitative estimate of drug-likeness (QED) is 0.323. The van der Waals surface area contributed by atoms with Crippen LogP contribution in [0.25, 0.3) is 0 Å². The van der Waals surface area contributed by atoms with Crippen LogP contribution in [0, 0.1) is 0 Å². The van der Waals surface area contributed by atoms with Gasteiger partial charge in [-0.05, 0) is 41.3 Å². The Morgan fingerprint density at radius 2 is 2.03 bits per heavy atom. The van der Waals surface area contributed by atoms with Crippen LogP contribution < -0.4 is 10.1 Å². The molecule has 1 N–H and O–H groups in total. The van der Waals surface area contributed by atoms with Crippen molar-refractivity contribution in [2.75, 3.05) is 12.9 Å². The number of hydrogen-bond donors (Lipinski definition) is 1. The monoisotopic (exact) mass is 536 g/mol. The second kappa shape index (κ2) is 11.0. The maximum Gasteiger partial charge on any atom is 0.287 e. The zero-order valence-corrected chi connectivity index (χ0v) is 21.8. The molecule has 1 aromatic carbocycles. The van der Waals surface area contributed by atoms with Crippen LogP contribution in [0.4, 0.5) is 0 Å². The molecule has 1 aliphatic rings. The van der Waals surface area contributed by atoms with Gasteiger partial charge < -0.3 is 19.0 Å². The lowest BCUT2D eigenvalue weighted by atomic mass is 10.0. The Balaban J connectivity index is 1.26. The molecule has 0 fully saturated rings. The number of carbonyl (C=O) groups is 2. The zero-order chi connectivity index (χ0) is 25.8. The molecule has 10 nitrogen and oxygen atoms in total. The van der Waals surface area contributed by atoms with Gasteiger partial charge in [-0.2, -0.15) is 5.10 Å². The molecule has 0 spiro atoms. The largest absolute Gasteiger partial charge is 0.497 e. The Bertz CT molecular complexity index is 1400. The number of thiophene rings is 1. The van der Waals surface area contributed by atoms with Gasteiger partial charge in [0.15, 0.2) is 16.7 Å². The Labute approximate surface area is 221 Å². The van der Waals surface area contributed by atoms with Crippen molar-refractivity contribution in [2.24, 2.45) is 12.1 Å². The molecule has 190 valence electrons. The number of furan rings is 1. The van der Waals surface area contributed by atoms with E-state index in [4.69, 9.17) is 14.3 Å². The summed E-state index contributed by atoms with van der Waals surface area (Å²) in [5.41, 5.74) is 1.88. The Morgan fingerprint density at radius 1 is 1.19 bits per heavy atom. The van der Waals surface area contributed by atoms with Gasteiger partial charge in [-0.3, -0.25) is 9.59 Å². The lowest BCUT2D eigenvalue weighted by Crippen LogP contribution is -2.28. The number of amides is 2. The molecule has 5 rings (SSSR count). The third kappa shape index (κ3) is 5.44. The molecular weight excluding hydrogens is 512 g/mol. The van der Waals surface area contributed by atoms with Crippen LogP contribution in [-0.2, 0) is 18.4 Å². The fourth-order valence-electron chi connectivity index (χ4n) is 3.89. The molecule has 0 unspecified atom stereocenters. The molecule has 12 heteroatoms. The van der Waals surface area contributed by atoms with Crippen molar-refractivity contribution in [1.82, 2.24) is 25.1 Å². The molecule has 0 saturated carbocycles. The average molecular weight is 537 g/mol. The van der Waals surface area contributed by atoms with Gasteiger partial charge in [0.1, 0.15) is 5.75 Å². The average Bonchev–Trinajstić information content (AvgIpc) is 3.73. The van der Waals surface area contributed by atoms with Crippen LogP contribution in [0.15, 0.2) is 74.8 Å². The van der Waals surface area contributed by atoms with E-state index in [9.17, 15) is 9.59 Å². The molecule has 1 atom stereocenters. The van der Waals surface area contributed by atoms with E-state index in [-0.39, 0.29) is 35.9 Å². The van der Waals surface area contributed by atoms with E-state index in [2.05, 4.69) is 15.5 Å². The summed E-state index contributed by atoms with van der Waals surface area (Å²) in [6.07, 6.45) is 2.07. The minimum atomic E-state index is -0.338. The number of hydrazone groups is 1. The molecule has 0 saturated heterocycles. The number of ether oxygens (including phenoxy) is 1. The van der Waals surface area contributed by atoms with Crippen LogP contribution in [0.3, 0.4) is 0 Å². The molecule has 3 aromatic heterocycles. The topological polar surface area (TPSA) is 115 Å². The second-order valence-electron chi connectivity index (χ2n) is 8.16. The summed E-state index contributed by atoms with van der Waals surface area (Å²) in [5, 5.41) is 19.9. The SMILES string of the molecule is COc1ccc([C@@H]2CC(c3cccs3)=NN2C(=O)CSc2nnc(CNC(=O)c3ccco3)n2C)cc1. The van der Waals surface area contributed by atoms with Crippen molar-refractivity contribution < 1.29 is 18.7 Å². The van der Waals surface area contributed by atoms with Crippen molar-refractivity contribution in [3.05, 3.63) is 82.2 Å². The number of nitrogens with one attached hydrogen (secondary N) is 1. The number of hydrogen-bond acceptors (Lipinski definition) is 9. The van der Waals surface area contributed by atoms with E-state index in [1.54, 1.807) is 47.2 Å². The summed E-state index contributed by atoms with van der Waals surface area (Å²) in [5.74, 6) is 1.21. The lowest BCUT2D eigenvalue weighted by Gasteiger charge is -2.22. The van der Waals surface area contributed by atoms with Crippen LogP contribution in [-0.4, -0.2) is 50.2 Å². The fourth-order valence-corrected chi connectivity index (χ4v) is 5.39. The van der Waals surface area contributed by atoms with Crippen molar-refractivity contribution >= 4 is 40.6 Å². The van der Waals surface area contributed by atoms with Gasteiger partial charge in [0, 0.05) is 13.5 Å². The highest BCUT2D eigenvalue weighted by Crippen LogP contribution is 2.35. The molecule has 0 aliphatic carbocycles. The van der Waals surface area contributed by atoms with Crippen molar-refractivity contribution in [3.8, 4) is 5.75 Å². The van der Waals surface area contributed by atoms with E-state index in [1.165, 1.54) is 18.0 Å². The highest BCUT2D eigenvalue weighted by Gasteiger charge is 2.33. The van der Waals surface area contributed by atoms with Crippen LogP contribution in [0.2, 0.25) is 0 Å². The van der Waals surface area contributed by atoms with Gasteiger partial charge in [0.05, 0.1) is 42.3 Å². The summed E-state index contributed by atoms with van der Waals surface area (Å²) < 4.78 is 12.1. The number of rotatable bonds is 9. The maximum atomic E-state index is 13.4. The Morgan fingerprint density at radius 3 is 2.73 bits per heavy atom. The van der Waals surface area contributed by atoms with Gasteiger partial charge in [-0.1, -0.05) is 30.0 Å². The summed E-state index contributed by atoms with van der Waals surface area (Å²) in [6, 6.07) is 14.7. The molecule has 2 amide bonds. The molecule has 0 bridgehead atoms. The minimum absolute atomic E-state index is 0.131. The second-order valence-corrected chi connectivity index (χ2v) is 10.1. The highest BCUT2D eigenvalue weighted by atomic mass is 32.2.